The third-order valence-corrected chi connectivity index (χ3v) is 5.57. The molecule has 6 heteroatoms. The number of benzene rings is 3. The first-order chi connectivity index (χ1) is 15.4. The Morgan fingerprint density at radius 3 is 2.06 bits per heavy atom. The van der Waals surface area contributed by atoms with Crippen LogP contribution in [0.2, 0.25) is 5.02 Å². The van der Waals surface area contributed by atoms with Crippen LogP contribution in [-0.4, -0.2) is 11.8 Å². The second kappa shape index (κ2) is 8.70. The molecule has 158 valence electrons. The summed E-state index contributed by atoms with van der Waals surface area (Å²) in [5, 5.41) is 12.7. The lowest BCUT2D eigenvalue weighted by molar-refractivity contribution is -0.120. The van der Waals surface area contributed by atoms with Gasteiger partial charge in [-0.15, -0.1) is 0 Å². The molecule has 0 radical (unpaired) electrons. The first-order valence-corrected chi connectivity index (χ1v) is 10.5. The Labute approximate surface area is 191 Å². The minimum Gasteiger partial charge on any atom is -0.350 e. The van der Waals surface area contributed by atoms with Crippen molar-refractivity contribution in [3.8, 4) is 6.07 Å². The van der Waals surface area contributed by atoms with E-state index in [1.165, 1.54) is 5.56 Å². The summed E-state index contributed by atoms with van der Waals surface area (Å²) in [5.41, 5.74) is 3.78. The van der Waals surface area contributed by atoms with Crippen LogP contribution in [0.3, 0.4) is 0 Å². The van der Waals surface area contributed by atoms with Crippen molar-refractivity contribution in [2.75, 3.05) is 10.2 Å². The van der Waals surface area contributed by atoms with Gasteiger partial charge in [0.1, 0.15) is 5.70 Å². The van der Waals surface area contributed by atoms with E-state index in [1.54, 1.807) is 48.5 Å². The summed E-state index contributed by atoms with van der Waals surface area (Å²) in [6.07, 6.45) is 0. The van der Waals surface area contributed by atoms with Crippen molar-refractivity contribution >= 4 is 40.4 Å². The quantitative estimate of drug-likeness (QED) is 0.513. The third kappa shape index (κ3) is 4.01. The Kier molecular flexibility index (Phi) is 5.81. The molecule has 0 bridgehead atoms. The molecule has 0 fully saturated rings. The maximum Gasteiger partial charge on any atom is 0.282 e. The summed E-state index contributed by atoms with van der Waals surface area (Å²) >= 11 is 6.02. The minimum absolute atomic E-state index is 0.193. The molecule has 0 aliphatic carbocycles. The lowest BCUT2D eigenvalue weighted by Gasteiger charge is -2.15. The summed E-state index contributed by atoms with van der Waals surface area (Å²) < 4.78 is 0. The van der Waals surface area contributed by atoms with Gasteiger partial charge in [-0.25, -0.2) is 4.90 Å². The van der Waals surface area contributed by atoms with Crippen LogP contribution in [-0.2, 0) is 9.59 Å². The third-order valence-electron chi connectivity index (χ3n) is 5.32. The van der Waals surface area contributed by atoms with Crippen LogP contribution >= 0.6 is 11.6 Å². The Hall–Kier alpha value is -3.88. The summed E-state index contributed by atoms with van der Waals surface area (Å²) in [7, 11) is 0. The zero-order valence-electron chi connectivity index (χ0n) is 17.6. The van der Waals surface area contributed by atoms with Crippen molar-refractivity contribution in [1.29, 1.82) is 5.26 Å². The average Bonchev–Trinajstić information content (AvgIpc) is 3.04. The number of rotatable bonds is 5. The monoisotopic (exact) mass is 441 g/mol. The highest BCUT2D eigenvalue weighted by Gasteiger charge is 2.40. The predicted octanol–water partition coefficient (Wildman–Crippen LogP) is 5.73. The Balaban J connectivity index is 1.77. The highest BCUT2D eigenvalue weighted by Crippen LogP contribution is 2.34. The van der Waals surface area contributed by atoms with Gasteiger partial charge in [0, 0.05) is 10.7 Å². The van der Waals surface area contributed by atoms with Gasteiger partial charge in [-0.2, -0.15) is 5.26 Å². The second-order valence-electron chi connectivity index (χ2n) is 7.76. The summed E-state index contributed by atoms with van der Waals surface area (Å²) in [6, 6.07) is 22.9. The normalized spacial score (nSPS) is 13.7. The Bertz CT molecular complexity index is 1250. The predicted molar refractivity (Wildman–Crippen MR) is 126 cm³/mol. The SMILES string of the molecule is CC(C)c1ccc(NC2=C(c3ccc(Cl)cc3)C(=O)N(c3ccc(C#N)cc3)C2=O)cc1. The van der Waals surface area contributed by atoms with Crippen LogP contribution in [0, 0.1) is 11.3 Å². The Morgan fingerprint density at radius 2 is 1.50 bits per heavy atom. The van der Waals surface area contributed by atoms with Crippen LogP contribution in [0.5, 0.6) is 0 Å². The van der Waals surface area contributed by atoms with E-state index in [0.717, 1.165) is 4.90 Å². The number of anilines is 2. The van der Waals surface area contributed by atoms with E-state index in [2.05, 4.69) is 19.2 Å². The highest BCUT2D eigenvalue weighted by molar-refractivity contribution is 6.46. The van der Waals surface area contributed by atoms with Crippen molar-refractivity contribution in [3.05, 3.63) is 100 Å². The van der Waals surface area contributed by atoms with Crippen LogP contribution in [0.15, 0.2) is 78.5 Å². The number of halogens is 1. The standard InChI is InChI=1S/C26H20ClN3O2/c1-16(2)18-7-11-21(12-8-18)29-24-23(19-5-9-20(27)10-6-19)25(31)30(26(24)32)22-13-3-17(15-28)4-14-22/h3-14,16,29H,1-2H3. The molecule has 32 heavy (non-hydrogen) atoms. The van der Waals surface area contributed by atoms with Gasteiger partial charge >= 0.3 is 0 Å². The van der Waals surface area contributed by atoms with Crippen LogP contribution in [0.1, 0.15) is 36.5 Å². The fourth-order valence-electron chi connectivity index (χ4n) is 3.55. The topological polar surface area (TPSA) is 73.2 Å². The first-order valence-electron chi connectivity index (χ1n) is 10.1. The molecular formula is C26H20ClN3O2. The van der Waals surface area contributed by atoms with Crippen LogP contribution in [0.4, 0.5) is 11.4 Å². The van der Waals surface area contributed by atoms with E-state index in [4.69, 9.17) is 16.9 Å². The van der Waals surface area contributed by atoms with E-state index in [1.807, 2.05) is 30.3 Å². The average molecular weight is 442 g/mol. The fraction of sp³-hybridized carbons (Fsp3) is 0.115. The molecule has 0 aromatic heterocycles. The molecular weight excluding hydrogens is 422 g/mol. The van der Waals surface area contributed by atoms with Gasteiger partial charge in [-0.05, 0) is 65.6 Å². The van der Waals surface area contributed by atoms with Gasteiger partial charge in [0.25, 0.3) is 11.8 Å². The zero-order valence-corrected chi connectivity index (χ0v) is 18.4. The molecule has 1 N–H and O–H groups in total. The number of amides is 2. The number of carbonyl (C=O) groups is 2. The summed E-state index contributed by atoms with van der Waals surface area (Å²) in [6.45, 7) is 4.22. The minimum atomic E-state index is -0.461. The molecule has 0 saturated carbocycles. The molecule has 1 aliphatic rings. The van der Waals surface area contributed by atoms with Crippen molar-refractivity contribution in [3.63, 3.8) is 0 Å². The molecule has 5 nitrogen and oxygen atoms in total. The maximum absolute atomic E-state index is 13.4. The lowest BCUT2D eigenvalue weighted by Crippen LogP contribution is -2.32. The van der Waals surface area contributed by atoms with E-state index >= 15 is 0 Å². The molecule has 3 aromatic rings. The number of hydrogen-bond acceptors (Lipinski definition) is 4. The molecule has 0 saturated heterocycles. The van der Waals surface area contributed by atoms with Gasteiger partial charge in [0.05, 0.1) is 22.9 Å². The zero-order chi connectivity index (χ0) is 22.8. The van der Waals surface area contributed by atoms with Crippen LogP contribution in [0.25, 0.3) is 5.57 Å². The van der Waals surface area contributed by atoms with E-state index < -0.39 is 11.8 Å². The number of nitrogens with zero attached hydrogens (tertiary/aromatic N) is 2. The lowest BCUT2D eigenvalue weighted by atomic mass is 10.0. The van der Waals surface area contributed by atoms with Crippen molar-refractivity contribution < 1.29 is 9.59 Å². The summed E-state index contributed by atoms with van der Waals surface area (Å²) in [5.74, 6) is -0.518. The number of carbonyl (C=O) groups excluding carboxylic acids is 2. The number of nitriles is 1. The second-order valence-corrected chi connectivity index (χ2v) is 8.20. The molecule has 1 aliphatic heterocycles. The van der Waals surface area contributed by atoms with E-state index in [0.29, 0.717) is 33.4 Å². The van der Waals surface area contributed by atoms with Gasteiger partial charge < -0.3 is 5.32 Å². The number of imide groups is 1. The maximum atomic E-state index is 13.4. The highest BCUT2D eigenvalue weighted by atomic mass is 35.5. The van der Waals surface area contributed by atoms with Crippen molar-refractivity contribution in [2.24, 2.45) is 0 Å². The van der Waals surface area contributed by atoms with Crippen molar-refractivity contribution in [2.45, 2.75) is 19.8 Å². The molecule has 0 spiro atoms. The van der Waals surface area contributed by atoms with Crippen LogP contribution < -0.4 is 10.2 Å². The molecule has 0 unspecified atom stereocenters. The van der Waals surface area contributed by atoms with E-state index in [9.17, 15) is 9.59 Å². The van der Waals surface area contributed by atoms with Gasteiger partial charge in [0.15, 0.2) is 0 Å². The van der Waals surface area contributed by atoms with Gasteiger partial charge in [-0.3, -0.25) is 9.59 Å². The van der Waals surface area contributed by atoms with Gasteiger partial charge in [-0.1, -0.05) is 49.7 Å². The smallest absolute Gasteiger partial charge is 0.282 e. The van der Waals surface area contributed by atoms with Gasteiger partial charge in [0.2, 0.25) is 0 Å². The Morgan fingerprint density at radius 1 is 0.875 bits per heavy atom. The molecule has 2 amide bonds. The molecule has 3 aromatic carbocycles. The van der Waals surface area contributed by atoms with Crippen molar-refractivity contribution in [1.82, 2.24) is 0 Å². The molecule has 1 heterocycles. The fourth-order valence-corrected chi connectivity index (χ4v) is 3.67. The first kappa shape index (κ1) is 21.4. The molecule has 0 atom stereocenters. The summed E-state index contributed by atoms with van der Waals surface area (Å²) in [4.78, 5) is 27.9. The van der Waals surface area contributed by atoms with E-state index in [-0.39, 0.29) is 11.3 Å². The molecule has 4 rings (SSSR count). The number of hydrogen-bond donors (Lipinski definition) is 1. The largest absolute Gasteiger partial charge is 0.350 e. The number of nitrogens with one attached hydrogen (secondary N) is 1.